The standard InChI is InChI=1S/C25H34N2O4/c1-2-16-30-17-8-9-18-31-23-19-26-25(27-20-23)22-14-12-21(13-15-22)10-6-4-3-5-7-11-24(28)29/h4,6,12-15,19-20H,2-3,5,7-11,16-18H2,1H3,(H,28,29)/b6-4+. The van der Waals surface area contributed by atoms with Crippen molar-refractivity contribution < 1.29 is 19.4 Å². The van der Waals surface area contributed by atoms with Gasteiger partial charge >= 0.3 is 5.97 Å². The van der Waals surface area contributed by atoms with Gasteiger partial charge < -0.3 is 14.6 Å². The fourth-order valence-corrected chi connectivity index (χ4v) is 2.95. The lowest BCUT2D eigenvalue weighted by molar-refractivity contribution is -0.137. The maximum absolute atomic E-state index is 10.5. The summed E-state index contributed by atoms with van der Waals surface area (Å²) in [6.45, 7) is 4.35. The van der Waals surface area contributed by atoms with Crippen LogP contribution in [0.3, 0.4) is 0 Å². The largest absolute Gasteiger partial charge is 0.490 e. The second-order valence-electron chi connectivity index (χ2n) is 7.42. The Bertz CT molecular complexity index is 773. The number of rotatable bonds is 16. The van der Waals surface area contributed by atoms with Crippen molar-refractivity contribution in [3.05, 3.63) is 54.4 Å². The van der Waals surface area contributed by atoms with Crippen molar-refractivity contribution in [3.63, 3.8) is 0 Å². The van der Waals surface area contributed by atoms with Gasteiger partial charge in [0.25, 0.3) is 0 Å². The molecule has 1 aromatic carbocycles. The lowest BCUT2D eigenvalue weighted by Gasteiger charge is -2.07. The normalized spacial score (nSPS) is 11.1. The molecule has 0 aliphatic heterocycles. The second-order valence-corrected chi connectivity index (χ2v) is 7.42. The number of carboxylic acid groups (broad SMARTS) is 1. The van der Waals surface area contributed by atoms with Crippen LogP contribution in [-0.4, -0.2) is 40.9 Å². The Labute approximate surface area is 185 Å². The SMILES string of the molecule is CCCOCCCCOc1cnc(-c2ccc(C/C=C/CCCCC(=O)O)cc2)nc1. The van der Waals surface area contributed by atoms with Crippen LogP contribution in [-0.2, 0) is 16.0 Å². The summed E-state index contributed by atoms with van der Waals surface area (Å²) in [4.78, 5) is 19.3. The van der Waals surface area contributed by atoms with Gasteiger partial charge in [0.15, 0.2) is 11.6 Å². The third-order valence-corrected chi connectivity index (χ3v) is 4.67. The molecule has 1 heterocycles. The van der Waals surface area contributed by atoms with Crippen LogP contribution < -0.4 is 4.74 Å². The van der Waals surface area contributed by atoms with Crippen LogP contribution in [0.15, 0.2) is 48.8 Å². The average Bonchev–Trinajstić information content (AvgIpc) is 2.78. The predicted octanol–water partition coefficient (Wildman–Crippen LogP) is 5.47. The molecule has 1 N–H and O–H groups in total. The molecule has 0 amide bonds. The number of ether oxygens (including phenoxy) is 2. The van der Waals surface area contributed by atoms with E-state index in [0.29, 0.717) is 18.2 Å². The van der Waals surface area contributed by atoms with E-state index in [0.717, 1.165) is 63.7 Å². The summed E-state index contributed by atoms with van der Waals surface area (Å²) in [6.07, 6.45) is 14.3. The predicted molar refractivity (Wildman–Crippen MR) is 122 cm³/mol. The summed E-state index contributed by atoms with van der Waals surface area (Å²) in [5.74, 6) is 0.642. The summed E-state index contributed by atoms with van der Waals surface area (Å²) < 4.78 is 11.2. The summed E-state index contributed by atoms with van der Waals surface area (Å²) >= 11 is 0. The monoisotopic (exact) mass is 426 g/mol. The van der Waals surface area contributed by atoms with E-state index in [1.54, 1.807) is 12.4 Å². The van der Waals surface area contributed by atoms with E-state index in [9.17, 15) is 4.79 Å². The van der Waals surface area contributed by atoms with Crippen LogP contribution in [0.4, 0.5) is 0 Å². The van der Waals surface area contributed by atoms with Crippen molar-refractivity contribution in [2.45, 2.75) is 58.3 Å². The zero-order chi connectivity index (χ0) is 22.2. The number of carboxylic acids is 1. The molecule has 31 heavy (non-hydrogen) atoms. The third kappa shape index (κ3) is 10.7. The molecule has 0 saturated heterocycles. The smallest absolute Gasteiger partial charge is 0.303 e. The van der Waals surface area contributed by atoms with Crippen LogP contribution in [0, 0.1) is 0 Å². The highest BCUT2D eigenvalue weighted by molar-refractivity contribution is 5.66. The van der Waals surface area contributed by atoms with Gasteiger partial charge in [0.2, 0.25) is 0 Å². The van der Waals surface area contributed by atoms with Gasteiger partial charge in [0, 0.05) is 25.2 Å². The Morgan fingerprint density at radius 1 is 0.968 bits per heavy atom. The third-order valence-electron chi connectivity index (χ3n) is 4.67. The number of unbranched alkanes of at least 4 members (excludes halogenated alkanes) is 3. The van der Waals surface area contributed by atoms with E-state index < -0.39 is 5.97 Å². The van der Waals surface area contributed by atoms with E-state index in [-0.39, 0.29) is 6.42 Å². The number of carbonyl (C=O) groups is 1. The summed E-state index contributed by atoms with van der Waals surface area (Å²) in [5, 5.41) is 8.62. The van der Waals surface area contributed by atoms with Crippen molar-refractivity contribution >= 4 is 5.97 Å². The van der Waals surface area contributed by atoms with Crippen LogP contribution in [0.2, 0.25) is 0 Å². The van der Waals surface area contributed by atoms with Crippen LogP contribution in [0.25, 0.3) is 11.4 Å². The Kier molecular flexibility index (Phi) is 12.0. The number of hydrogen-bond donors (Lipinski definition) is 1. The van der Waals surface area contributed by atoms with E-state index in [1.165, 1.54) is 5.56 Å². The zero-order valence-electron chi connectivity index (χ0n) is 18.5. The van der Waals surface area contributed by atoms with Gasteiger partial charge in [-0.1, -0.05) is 43.3 Å². The number of aromatic nitrogens is 2. The summed E-state index contributed by atoms with van der Waals surface area (Å²) in [5.41, 5.74) is 2.19. The highest BCUT2D eigenvalue weighted by atomic mass is 16.5. The van der Waals surface area contributed by atoms with Gasteiger partial charge in [0.1, 0.15) is 0 Å². The second kappa shape index (κ2) is 15.1. The van der Waals surface area contributed by atoms with E-state index in [4.69, 9.17) is 14.6 Å². The molecule has 0 fully saturated rings. The number of aliphatic carboxylic acids is 1. The van der Waals surface area contributed by atoms with Gasteiger partial charge in [-0.15, -0.1) is 0 Å². The minimum Gasteiger partial charge on any atom is -0.490 e. The first-order chi connectivity index (χ1) is 15.2. The minimum atomic E-state index is -0.723. The molecule has 0 unspecified atom stereocenters. The zero-order valence-corrected chi connectivity index (χ0v) is 18.5. The molecule has 6 nitrogen and oxygen atoms in total. The molecule has 0 atom stereocenters. The maximum atomic E-state index is 10.5. The van der Waals surface area contributed by atoms with Crippen LogP contribution >= 0.6 is 0 Å². The number of nitrogens with zero attached hydrogens (tertiary/aromatic N) is 2. The lowest BCUT2D eigenvalue weighted by Crippen LogP contribution is -2.02. The number of allylic oxidation sites excluding steroid dienone is 2. The van der Waals surface area contributed by atoms with Crippen LogP contribution in [0.1, 0.15) is 57.4 Å². The maximum Gasteiger partial charge on any atom is 0.303 e. The van der Waals surface area contributed by atoms with Crippen LogP contribution in [0.5, 0.6) is 5.75 Å². The van der Waals surface area contributed by atoms with Gasteiger partial charge in [-0.25, -0.2) is 9.97 Å². The van der Waals surface area contributed by atoms with E-state index >= 15 is 0 Å². The fraction of sp³-hybridized carbons (Fsp3) is 0.480. The molecule has 0 bridgehead atoms. The highest BCUT2D eigenvalue weighted by Gasteiger charge is 2.03. The van der Waals surface area contributed by atoms with E-state index in [2.05, 4.69) is 41.2 Å². The molecular formula is C25H34N2O4. The fourth-order valence-electron chi connectivity index (χ4n) is 2.95. The summed E-state index contributed by atoms with van der Waals surface area (Å²) in [6, 6.07) is 8.22. The molecule has 0 aliphatic rings. The van der Waals surface area contributed by atoms with Gasteiger partial charge in [-0.2, -0.15) is 0 Å². The van der Waals surface area contributed by atoms with Gasteiger partial charge in [0.05, 0.1) is 19.0 Å². The van der Waals surface area contributed by atoms with Crippen molar-refractivity contribution in [1.82, 2.24) is 9.97 Å². The van der Waals surface area contributed by atoms with Gasteiger partial charge in [-0.3, -0.25) is 4.79 Å². The molecule has 0 radical (unpaired) electrons. The number of benzene rings is 1. The van der Waals surface area contributed by atoms with Crippen molar-refractivity contribution in [1.29, 1.82) is 0 Å². The minimum absolute atomic E-state index is 0.249. The highest BCUT2D eigenvalue weighted by Crippen LogP contribution is 2.18. The number of hydrogen-bond acceptors (Lipinski definition) is 5. The van der Waals surface area contributed by atoms with Crippen molar-refractivity contribution in [2.24, 2.45) is 0 Å². The Hall–Kier alpha value is -2.73. The Morgan fingerprint density at radius 3 is 2.42 bits per heavy atom. The molecule has 168 valence electrons. The Balaban J connectivity index is 1.69. The van der Waals surface area contributed by atoms with Gasteiger partial charge in [-0.05, 0) is 50.5 Å². The molecular weight excluding hydrogens is 392 g/mol. The molecule has 1 aromatic heterocycles. The first-order valence-electron chi connectivity index (χ1n) is 11.2. The Morgan fingerprint density at radius 2 is 1.71 bits per heavy atom. The quantitative estimate of drug-likeness (QED) is 0.283. The molecule has 0 saturated carbocycles. The van der Waals surface area contributed by atoms with Crippen molar-refractivity contribution in [3.8, 4) is 17.1 Å². The topological polar surface area (TPSA) is 81.5 Å². The van der Waals surface area contributed by atoms with E-state index in [1.807, 2.05) is 12.1 Å². The summed E-state index contributed by atoms with van der Waals surface area (Å²) in [7, 11) is 0. The van der Waals surface area contributed by atoms with Crippen molar-refractivity contribution in [2.75, 3.05) is 19.8 Å². The lowest BCUT2D eigenvalue weighted by atomic mass is 10.1. The molecule has 2 rings (SSSR count). The average molecular weight is 427 g/mol. The first kappa shape index (κ1) is 24.5. The molecule has 6 heteroatoms. The first-order valence-corrected chi connectivity index (χ1v) is 11.2. The molecule has 0 spiro atoms. The molecule has 0 aliphatic carbocycles. The molecule has 2 aromatic rings.